The fraction of sp³-hybridized carbons (Fsp3) is 0. The summed E-state index contributed by atoms with van der Waals surface area (Å²) in [5, 5.41) is 9.39. The maximum atomic E-state index is 6.59. The monoisotopic (exact) mass is 677 g/mol. The van der Waals surface area contributed by atoms with Crippen LogP contribution in [-0.2, 0) is 0 Å². The molecule has 2 heterocycles. The van der Waals surface area contributed by atoms with E-state index in [1.807, 2.05) is 24.3 Å². The van der Waals surface area contributed by atoms with Crippen LogP contribution < -0.4 is 4.90 Å². The molecule has 11 rings (SSSR count). The summed E-state index contributed by atoms with van der Waals surface area (Å²) in [7, 11) is 0. The maximum Gasteiger partial charge on any atom is 0.159 e. The molecular formula is C50H31NO2. The number of hydrogen-bond donors (Lipinski definition) is 0. The van der Waals surface area contributed by atoms with Gasteiger partial charge in [0.1, 0.15) is 16.7 Å². The average molecular weight is 678 g/mol. The number of fused-ring (bicyclic) bond motifs is 9. The predicted molar refractivity (Wildman–Crippen MR) is 222 cm³/mol. The van der Waals surface area contributed by atoms with E-state index in [9.17, 15) is 0 Å². The van der Waals surface area contributed by atoms with Crippen LogP contribution in [0.15, 0.2) is 197 Å². The van der Waals surface area contributed by atoms with Crippen LogP contribution in [0.25, 0.3) is 87.7 Å². The zero-order valence-corrected chi connectivity index (χ0v) is 28.7. The standard InChI is InChI=1S/C50H31NO2/c1-2-11-39-33(9-1)10-7-14-40(39)34-23-28-38(29-24-34)51(45-16-8-15-42-41-12-3-5-17-46(41)53-50(42)45)37-26-21-32(22-27-37)36-20-19-35-25-30-48-49(44(35)31-36)43-13-4-6-18-47(43)52-48/h1-31H. The van der Waals surface area contributed by atoms with Crippen molar-refractivity contribution in [3.63, 3.8) is 0 Å². The van der Waals surface area contributed by atoms with Crippen molar-refractivity contribution in [1.29, 1.82) is 0 Å². The van der Waals surface area contributed by atoms with E-state index in [4.69, 9.17) is 8.83 Å². The number of para-hydroxylation sites is 3. The van der Waals surface area contributed by atoms with E-state index in [0.29, 0.717) is 0 Å². The average Bonchev–Trinajstić information content (AvgIpc) is 3.81. The number of furan rings is 2. The highest BCUT2D eigenvalue weighted by Gasteiger charge is 2.20. The van der Waals surface area contributed by atoms with Crippen molar-refractivity contribution in [3.8, 4) is 22.3 Å². The van der Waals surface area contributed by atoms with E-state index in [1.54, 1.807) is 0 Å². The zero-order chi connectivity index (χ0) is 34.9. The SMILES string of the molecule is c1ccc2c(-c3ccc(N(c4ccc(-c5ccc6ccc7oc8ccccc8c7c6c5)cc4)c4cccc5c4oc4ccccc45)cc3)cccc2c1. The highest BCUT2D eigenvalue weighted by atomic mass is 16.3. The highest BCUT2D eigenvalue weighted by molar-refractivity contribution is 6.19. The first-order valence-corrected chi connectivity index (χ1v) is 18.0. The van der Waals surface area contributed by atoms with Gasteiger partial charge in [-0.15, -0.1) is 0 Å². The van der Waals surface area contributed by atoms with Crippen LogP contribution in [0, 0.1) is 0 Å². The third kappa shape index (κ3) is 4.75. The maximum absolute atomic E-state index is 6.59. The molecule has 3 heteroatoms. The Balaban J connectivity index is 1.05. The molecule has 0 unspecified atom stereocenters. The third-order valence-corrected chi connectivity index (χ3v) is 10.7. The summed E-state index contributed by atoms with van der Waals surface area (Å²) in [5.74, 6) is 0. The Morgan fingerprint density at radius 1 is 0.340 bits per heavy atom. The van der Waals surface area contributed by atoms with Gasteiger partial charge in [0.2, 0.25) is 0 Å². The van der Waals surface area contributed by atoms with Gasteiger partial charge in [-0.05, 0) is 98.4 Å². The molecule has 0 radical (unpaired) electrons. The minimum absolute atomic E-state index is 0.863. The molecule has 0 aliphatic rings. The Bertz CT molecular complexity index is 3160. The first-order chi connectivity index (χ1) is 26.3. The molecule has 0 N–H and O–H groups in total. The van der Waals surface area contributed by atoms with Crippen molar-refractivity contribution in [2.45, 2.75) is 0 Å². The van der Waals surface area contributed by atoms with Crippen LogP contribution in [0.3, 0.4) is 0 Å². The van der Waals surface area contributed by atoms with Gasteiger partial charge in [0.25, 0.3) is 0 Å². The molecule has 0 saturated heterocycles. The van der Waals surface area contributed by atoms with Crippen LogP contribution in [0.2, 0.25) is 0 Å². The molecular weight excluding hydrogens is 647 g/mol. The lowest BCUT2D eigenvalue weighted by molar-refractivity contribution is 0.669. The van der Waals surface area contributed by atoms with E-state index < -0.39 is 0 Å². The van der Waals surface area contributed by atoms with E-state index >= 15 is 0 Å². The van der Waals surface area contributed by atoms with Crippen LogP contribution in [0.5, 0.6) is 0 Å². The second-order valence-electron chi connectivity index (χ2n) is 13.7. The lowest BCUT2D eigenvalue weighted by Gasteiger charge is -2.26. The van der Waals surface area contributed by atoms with Crippen LogP contribution in [0.4, 0.5) is 17.1 Å². The molecule has 53 heavy (non-hydrogen) atoms. The fourth-order valence-corrected chi connectivity index (χ4v) is 8.13. The Morgan fingerprint density at radius 2 is 0.925 bits per heavy atom. The van der Waals surface area contributed by atoms with Crippen molar-refractivity contribution in [3.05, 3.63) is 188 Å². The minimum Gasteiger partial charge on any atom is -0.456 e. The Kier molecular flexibility index (Phi) is 6.55. The zero-order valence-electron chi connectivity index (χ0n) is 28.7. The Hall–Kier alpha value is -7.10. The molecule has 0 aliphatic heterocycles. The molecule has 11 aromatic rings. The Labute approximate surface area is 305 Å². The van der Waals surface area contributed by atoms with E-state index in [2.05, 4.69) is 169 Å². The van der Waals surface area contributed by atoms with Gasteiger partial charge in [0.05, 0.1) is 5.69 Å². The van der Waals surface area contributed by atoms with Crippen molar-refractivity contribution in [1.82, 2.24) is 0 Å². The van der Waals surface area contributed by atoms with Crippen LogP contribution in [0.1, 0.15) is 0 Å². The lowest BCUT2D eigenvalue weighted by Crippen LogP contribution is -2.10. The van der Waals surface area contributed by atoms with Gasteiger partial charge in [0.15, 0.2) is 5.58 Å². The van der Waals surface area contributed by atoms with E-state index in [0.717, 1.165) is 72.1 Å². The quantitative estimate of drug-likeness (QED) is 0.182. The second kappa shape index (κ2) is 11.7. The number of nitrogens with zero attached hydrogens (tertiary/aromatic N) is 1. The van der Waals surface area contributed by atoms with Gasteiger partial charge in [-0.2, -0.15) is 0 Å². The summed E-state index contributed by atoms with van der Waals surface area (Å²) in [5.41, 5.74) is 11.4. The number of anilines is 3. The molecule has 0 atom stereocenters. The summed E-state index contributed by atoms with van der Waals surface area (Å²) in [6.45, 7) is 0. The molecule has 0 fully saturated rings. The molecule has 9 aromatic carbocycles. The second-order valence-corrected chi connectivity index (χ2v) is 13.7. The van der Waals surface area contributed by atoms with Crippen molar-refractivity contribution in [2.24, 2.45) is 0 Å². The summed E-state index contributed by atoms with van der Waals surface area (Å²) < 4.78 is 12.8. The Morgan fingerprint density at radius 3 is 1.74 bits per heavy atom. The van der Waals surface area contributed by atoms with Crippen LogP contribution >= 0.6 is 0 Å². The van der Waals surface area contributed by atoms with Gasteiger partial charge < -0.3 is 13.7 Å². The van der Waals surface area contributed by atoms with Gasteiger partial charge in [0, 0.05) is 32.9 Å². The molecule has 0 saturated carbocycles. The minimum atomic E-state index is 0.863. The smallest absolute Gasteiger partial charge is 0.159 e. The first-order valence-electron chi connectivity index (χ1n) is 18.0. The topological polar surface area (TPSA) is 29.5 Å². The van der Waals surface area contributed by atoms with Gasteiger partial charge in [-0.1, -0.05) is 133 Å². The lowest BCUT2D eigenvalue weighted by atomic mass is 9.97. The predicted octanol–water partition coefficient (Wildman–Crippen LogP) is 14.6. The van der Waals surface area contributed by atoms with Gasteiger partial charge in [-0.25, -0.2) is 0 Å². The third-order valence-electron chi connectivity index (χ3n) is 10.7. The number of rotatable bonds is 5. The van der Waals surface area contributed by atoms with Gasteiger partial charge >= 0.3 is 0 Å². The summed E-state index contributed by atoms with van der Waals surface area (Å²) >= 11 is 0. The van der Waals surface area contributed by atoms with E-state index in [1.165, 1.54) is 32.7 Å². The molecule has 248 valence electrons. The van der Waals surface area contributed by atoms with Crippen LogP contribution in [-0.4, -0.2) is 0 Å². The van der Waals surface area contributed by atoms with Crippen molar-refractivity contribution in [2.75, 3.05) is 4.90 Å². The fourth-order valence-electron chi connectivity index (χ4n) is 8.13. The summed E-state index contributed by atoms with van der Waals surface area (Å²) in [4.78, 5) is 2.31. The van der Waals surface area contributed by atoms with E-state index in [-0.39, 0.29) is 0 Å². The first kappa shape index (κ1) is 29.6. The van der Waals surface area contributed by atoms with Gasteiger partial charge in [-0.3, -0.25) is 0 Å². The normalized spacial score (nSPS) is 11.8. The molecule has 3 nitrogen and oxygen atoms in total. The molecule has 0 spiro atoms. The molecule has 0 aliphatic carbocycles. The molecule has 2 aromatic heterocycles. The largest absolute Gasteiger partial charge is 0.456 e. The number of benzene rings is 9. The molecule has 0 bridgehead atoms. The summed E-state index contributed by atoms with van der Waals surface area (Å²) in [6, 6.07) is 66.8. The van der Waals surface area contributed by atoms with Crippen molar-refractivity contribution >= 4 is 82.5 Å². The number of hydrogen-bond acceptors (Lipinski definition) is 3. The molecule has 0 amide bonds. The highest BCUT2D eigenvalue weighted by Crippen LogP contribution is 2.43. The van der Waals surface area contributed by atoms with Crippen molar-refractivity contribution < 1.29 is 8.83 Å². The summed E-state index contributed by atoms with van der Waals surface area (Å²) in [6.07, 6.45) is 0.